The number of nitrogens with zero attached hydrogens (tertiary/aromatic N) is 1. The van der Waals surface area contributed by atoms with E-state index in [0.29, 0.717) is 17.8 Å². The van der Waals surface area contributed by atoms with Crippen LogP contribution in [0.2, 0.25) is 0 Å². The first-order valence-electron chi connectivity index (χ1n) is 9.11. The smallest absolute Gasteiger partial charge is 0.264 e. The highest BCUT2D eigenvalue weighted by Crippen LogP contribution is 2.55. The number of aromatic nitrogens is 1. The van der Waals surface area contributed by atoms with Crippen LogP contribution in [0.3, 0.4) is 0 Å². The van der Waals surface area contributed by atoms with E-state index in [1.807, 2.05) is 6.92 Å². The molecule has 4 aliphatic rings. The molecule has 2 unspecified atom stereocenters. The van der Waals surface area contributed by atoms with E-state index >= 15 is 0 Å². The number of nitrogens with one attached hydrogen (secondary N) is 1. The van der Waals surface area contributed by atoms with Gasteiger partial charge in [0.2, 0.25) is 0 Å². The Bertz CT molecular complexity index is 629. The van der Waals surface area contributed by atoms with Crippen molar-refractivity contribution in [2.75, 3.05) is 5.75 Å². The van der Waals surface area contributed by atoms with Crippen molar-refractivity contribution in [3.63, 3.8) is 0 Å². The molecule has 4 aliphatic carbocycles. The molecule has 0 saturated heterocycles. The van der Waals surface area contributed by atoms with Crippen LogP contribution in [0.1, 0.15) is 60.1 Å². The van der Waals surface area contributed by atoms with Crippen molar-refractivity contribution in [2.45, 2.75) is 69.0 Å². The Balaban J connectivity index is 1.49. The summed E-state index contributed by atoms with van der Waals surface area (Å²) in [5.41, 5.74) is -0.444. The molecule has 1 aromatic heterocycles. The molecule has 4 fully saturated rings. The summed E-state index contributed by atoms with van der Waals surface area (Å²) in [4.78, 5) is 18.2. The third kappa shape index (κ3) is 3.01. The summed E-state index contributed by atoms with van der Waals surface area (Å²) in [7, 11) is 0. The zero-order chi connectivity index (χ0) is 16.9. The number of carbonyl (C=O) groups is 1. The van der Waals surface area contributed by atoms with Gasteiger partial charge in [-0.05, 0) is 69.0 Å². The molecule has 0 spiro atoms. The van der Waals surface area contributed by atoms with E-state index in [9.17, 15) is 9.90 Å². The van der Waals surface area contributed by atoms with Crippen molar-refractivity contribution < 1.29 is 9.90 Å². The number of aryl methyl sites for hydroxylation is 1. The minimum atomic E-state index is -0.444. The van der Waals surface area contributed by atoms with Crippen molar-refractivity contribution in [1.82, 2.24) is 10.3 Å². The van der Waals surface area contributed by atoms with Crippen LogP contribution >= 0.6 is 23.1 Å². The van der Waals surface area contributed by atoms with Crippen molar-refractivity contribution in [1.29, 1.82) is 0 Å². The number of hydrogen-bond acceptors (Lipinski definition) is 5. The summed E-state index contributed by atoms with van der Waals surface area (Å²) in [6.07, 6.45) is 6.13. The van der Waals surface area contributed by atoms with Gasteiger partial charge in [-0.25, -0.2) is 4.98 Å². The molecule has 4 saturated carbocycles. The lowest BCUT2D eigenvalue weighted by Gasteiger charge is -2.58. The molecule has 0 aromatic carbocycles. The molecule has 1 heterocycles. The van der Waals surface area contributed by atoms with E-state index < -0.39 is 5.60 Å². The minimum Gasteiger partial charge on any atom is -0.390 e. The van der Waals surface area contributed by atoms with Gasteiger partial charge in [-0.1, -0.05) is 6.92 Å². The monoisotopic (exact) mass is 366 g/mol. The molecule has 4 bridgehead atoms. The average Bonchev–Trinajstić information content (AvgIpc) is 2.88. The van der Waals surface area contributed by atoms with Gasteiger partial charge in [0, 0.05) is 6.04 Å². The third-order valence-corrected chi connectivity index (χ3v) is 8.17. The maximum absolute atomic E-state index is 12.9. The Labute approximate surface area is 151 Å². The Morgan fingerprint density at radius 2 is 2.08 bits per heavy atom. The van der Waals surface area contributed by atoms with Gasteiger partial charge < -0.3 is 10.4 Å². The summed E-state index contributed by atoms with van der Waals surface area (Å²) in [5, 5.41) is 15.9. The zero-order valence-corrected chi connectivity index (χ0v) is 16.0. The number of rotatable bonds is 5. The van der Waals surface area contributed by atoms with Gasteiger partial charge in [0.25, 0.3) is 5.91 Å². The van der Waals surface area contributed by atoms with E-state index in [4.69, 9.17) is 0 Å². The van der Waals surface area contributed by atoms with E-state index in [1.165, 1.54) is 24.2 Å². The van der Waals surface area contributed by atoms with Gasteiger partial charge >= 0.3 is 0 Å². The fraction of sp³-hybridized carbons (Fsp3) is 0.778. The van der Waals surface area contributed by atoms with E-state index in [0.717, 1.165) is 46.3 Å². The Kier molecular flexibility index (Phi) is 4.42. The maximum atomic E-state index is 12.9. The summed E-state index contributed by atoms with van der Waals surface area (Å²) in [6, 6.07) is 0.237. The van der Waals surface area contributed by atoms with Crippen LogP contribution in [0.15, 0.2) is 5.03 Å². The summed E-state index contributed by atoms with van der Waals surface area (Å²) >= 11 is 3.19. The molecule has 5 rings (SSSR count). The van der Waals surface area contributed by atoms with Crippen LogP contribution in [0.5, 0.6) is 0 Å². The minimum absolute atomic E-state index is 0.0451. The first kappa shape index (κ1) is 16.9. The fourth-order valence-corrected chi connectivity index (χ4v) is 7.18. The highest BCUT2D eigenvalue weighted by atomic mass is 32.2. The van der Waals surface area contributed by atoms with Crippen LogP contribution in [-0.2, 0) is 0 Å². The van der Waals surface area contributed by atoms with Gasteiger partial charge in [0.1, 0.15) is 9.90 Å². The summed E-state index contributed by atoms with van der Waals surface area (Å²) in [5.74, 6) is 2.61. The summed E-state index contributed by atoms with van der Waals surface area (Å²) < 4.78 is 0. The lowest BCUT2D eigenvalue weighted by atomic mass is 9.52. The van der Waals surface area contributed by atoms with E-state index in [-0.39, 0.29) is 11.9 Å². The van der Waals surface area contributed by atoms with Gasteiger partial charge in [-0.2, -0.15) is 0 Å². The van der Waals surface area contributed by atoms with E-state index in [2.05, 4.69) is 17.2 Å². The number of aliphatic hydroxyl groups is 1. The molecule has 2 N–H and O–H groups in total. The third-order valence-electron chi connectivity index (χ3n) is 5.89. The lowest BCUT2D eigenvalue weighted by Crippen LogP contribution is -2.61. The zero-order valence-electron chi connectivity index (χ0n) is 14.4. The largest absolute Gasteiger partial charge is 0.390 e. The normalized spacial score (nSPS) is 37.0. The Morgan fingerprint density at radius 3 is 2.71 bits per heavy atom. The Morgan fingerprint density at radius 1 is 1.38 bits per heavy atom. The quantitative estimate of drug-likeness (QED) is 0.781. The highest BCUT2D eigenvalue weighted by molar-refractivity contribution is 7.99. The molecule has 2 atom stereocenters. The number of hydrogen-bond donors (Lipinski definition) is 2. The van der Waals surface area contributed by atoms with Crippen molar-refractivity contribution in [3.05, 3.63) is 9.88 Å². The van der Waals surface area contributed by atoms with Crippen molar-refractivity contribution >= 4 is 29.0 Å². The van der Waals surface area contributed by atoms with Crippen LogP contribution in [0.4, 0.5) is 0 Å². The van der Waals surface area contributed by atoms with Gasteiger partial charge in [0.15, 0.2) is 0 Å². The molecular weight excluding hydrogens is 340 g/mol. The van der Waals surface area contributed by atoms with E-state index in [1.54, 1.807) is 11.8 Å². The van der Waals surface area contributed by atoms with Gasteiger partial charge in [0.05, 0.1) is 10.6 Å². The first-order chi connectivity index (χ1) is 11.5. The second-order valence-corrected chi connectivity index (χ2v) is 10.2. The molecule has 4 nitrogen and oxygen atoms in total. The maximum Gasteiger partial charge on any atom is 0.264 e. The first-order valence-corrected chi connectivity index (χ1v) is 10.9. The molecule has 0 radical (unpaired) electrons. The van der Waals surface area contributed by atoms with Crippen molar-refractivity contribution in [3.8, 4) is 0 Å². The number of thiazole rings is 1. The van der Waals surface area contributed by atoms with Crippen LogP contribution < -0.4 is 5.32 Å². The van der Waals surface area contributed by atoms with Crippen molar-refractivity contribution in [2.24, 2.45) is 17.8 Å². The lowest BCUT2D eigenvalue weighted by molar-refractivity contribution is -0.136. The SMILES string of the molecule is CCCSc1nc(C)sc1C(=O)NC1C2CC3CC1CC(O)(C3)C2. The van der Waals surface area contributed by atoms with Gasteiger partial charge in [-0.15, -0.1) is 23.1 Å². The predicted octanol–water partition coefficient (Wildman–Crippen LogP) is 3.62. The molecule has 24 heavy (non-hydrogen) atoms. The average molecular weight is 367 g/mol. The molecule has 1 aromatic rings. The highest BCUT2D eigenvalue weighted by Gasteiger charge is 2.55. The predicted molar refractivity (Wildman–Crippen MR) is 97.6 cm³/mol. The van der Waals surface area contributed by atoms with Crippen LogP contribution in [0, 0.1) is 24.7 Å². The molecular formula is C18H26N2O2S2. The number of thioether (sulfide) groups is 1. The van der Waals surface area contributed by atoms with Gasteiger partial charge in [-0.3, -0.25) is 4.79 Å². The molecule has 1 amide bonds. The molecule has 6 heteroatoms. The van der Waals surface area contributed by atoms with Crippen LogP contribution in [-0.4, -0.2) is 33.4 Å². The topological polar surface area (TPSA) is 62.2 Å². The Hall–Kier alpha value is -0.590. The summed E-state index contributed by atoms with van der Waals surface area (Å²) in [6.45, 7) is 4.11. The molecule has 0 aliphatic heterocycles. The second kappa shape index (κ2) is 6.29. The number of amides is 1. The second-order valence-electron chi connectivity index (χ2n) is 7.91. The van der Waals surface area contributed by atoms with Crippen LogP contribution in [0.25, 0.3) is 0 Å². The fourth-order valence-electron chi connectivity index (χ4n) is 5.28. The molecule has 132 valence electrons. The standard InChI is InChI=1S/C18H26N2O2S2/c1-3-4-23-17-15(24-10(2)19-17)16(21)20-14-12-5-11-6-13(14)9-18(22,7-11)8-12/h11-14,22H,3-9H2,1-2H3,(H,20,21). The number of carbonyl (C=O) groups excluding carboxylic acids is 1.